The van der Waals surface area contributed by atoms with Crippen LogP contribution in [0.5, 0.6) is 0 Å². The molecule has 0 aromatic carbocycles. The van der Waals surface area contributed by atoms with Crippen LogP contribution in [-0.2, 0) is 9.59 Å². The minimum Gasteiger partial charge on any atom is -0.480 e. The van der Waals surface area contributed by atoms with E-state index < -0.39 is 30.0 Å². The summed E-state index contributed by atoms with van der Waals surface area (Å²) in [5, 5.41) is 11.1. The Morgan fingerprint density at radius 3 is 2.67 bits per heavy atom. The summed E-state index contributed by atoms with van der Waals surface area (Å²) >= 11 is 0. The number of nitrogens with one attached hydrogen (secondary N) is 1. The van der Waals surface area contributed by atoms with Crippen molar-refractivity contribution in [1.82, 2.24) is 10.2 Å². The number of carboxylic acid groups (broad SMARTS) is 1. The first-order valence-corrected chi connectivity index (χ1v) is 4.80. The van der Waals surface area contributed by atoms with Gasteiger partial charge in [0.25, 0.3) is 5.91 Å². The van der Waals surface area contributed by atoms with E-state index in [1.54, 1.807) is 0 Å². The molecule has 1 saturated carbocycles. The van der Waals surface area contributed by atoms with E-state index >= 15 is 0 Å². The van der Waals surface area contributed by atoms with E-state index in [1.807, 2.05) is 6.92 Å². The van der Waals surface area contributed by atoms with Crippen molar-refractivity contribution in [3.8, 4) is 0 Å². The number of imide groups is 1. The van der Waals surface area contributed by atoms with Gasteiger partial charge in [-0.3, -0.25) is 14.5 Å². The quantitative estimate of drug-likeness (QED) is 0.620. The van der Waals surface area contributed by atoms with Crippen LogP contribution in [-0.4, -0.2) is 40.0 Å². The minimum atomic E-state index is -1.18. The Kier molecular flexibility index (Phi) is 1.95. The van der Waals surface area contributed by atoms with Crippen molar-refractivity contribution in [3.05, 3.63) is 0 Å². The highest BCUT2D eigenvalue weighted by Crippen LogP contribution is 2.41. The summed E-state index contributed by atoms with van der Waals surface area (Å²) in [5.74, 6) is -1.17. The number of carbonyl (C=O) groups is 3. The lowest BCUT2D eigenvalue weighted by Gasteiger charge is -2.40. The third-order valence-electron chi connectivity index (χ3n) is 2.93. The Morgan fingerprint density at radius 2 is 2.20 bits per heavy atom. The van der Waals surface area contributed by atoms with E-state index in [1.165, 1.54) is 0 Å². The van der Waals surface area contributed by atoms with E-state index in [9.17, 15) is 14.4 Å². The molecule has 2 rings (SSSR count). The first-order chi connectivity index (χ1) is 6.94. The maximum Gasteiger partial charge on any atom is 0.325 e. The lowest BCUT2D eigenvalue weighted by Crippen LogP contribution is -2.56. The van der Waals surface area contributed by atoms with Crippen molar-refractivity contribution < 1.29 is 19.5 Å². The van der Waals surface area contributed by atoms with E-state index in [0.29, 0.717) is 18.8 Å². The molecule has 15 heavy (non-hydrogen) atoms. The van der Waals surface area contributed by atoms with Gasteiger partial charge in [-0.25, -0.2) is 4.79 Å². The molecule has 82 valence electrons. The molecule has 6 heteroatoms. The minimum absolute atomic E-state index is 0.395. The number of aliphatic carboxylic acids is 1. The smallest absolute Gasteiger partial charge is 0.325 e. The number of carbonyl (C=O) groups excluding carboxylic acids is 2. The van der Waals surface area contributed by atoms with Crippen LogP contribution in [0.3, 0.4) is 0 Å². The van der Waals surface area contributed by atoms with Gasteiger partial charge in [0.1, 0.15) is 12.1 Å². The third-order valence-corrected chi connectivity index (χ3v) is 2.93. The average molecular weight is 212 g/mol. The maximum absolute atomic E-state index is 11.8. The summed E-state index contributed by atoms with van der Waals surface area (Å²) in [5.41, 5.74) is -0.800. The summed E-state index contributed by atoms with van der Waals surface area (Å²) < 4.78 is 0. The van der Waals surface area contributed by atoms with Crippen molar-refractivity contribution in [1.29, 1.82) is 0 Å². The molecular formula is C9H12N2O4. The van der Waals surface area contributed by atoms with Crippen molar-refractivity contribution in [3.63, 3.8) is 0 Å². The Hall–Kier alpha value is -1.59. The largest absolute Gasteiger partial charge is 0.480 e. The highest BCUT2D eigenvalue weighted by Gasteiger charge is 2.57. The fraction of sp³-hybridized carbons (Fsp3) is 0.667. The van der Waals surface area contributed by atoms with Gasteiger partial charge >= 0.3 is 12.0 Å². The standard InChI is InChI=1S/C9H12N2O4/c1-5-2-9(3-5)7(14)11(4-6(12)13)8(15)10-9/h5H,2-4H2,1H3,(H,10,15)(H,12,13). The van der Waals surface area contributed by atoms with Gasteiger partial charge in [-0.15, -0.1) is 0 Å². The van der Waals surface area contributed by atoms with Crippen LogP contribution in [0.25, 0.3) is 0 Å². The second kappa shape index (κ2) is 2.95. The van der Waals surface area contributed by atoms with E-state index in [-0.39, 0.29) is 0 Å². The normalized spacial score (nSPS) is 34.2. The molecule has 1 spiro atoms. The van der Waals surface area contributed by atoms with Crippen LogP contribution in [0.15, 0.2) is 0 Å². The molecule has 0 radical (unpaired) electrons. The predicted molar refractivity (Wildman–Crippen MR) is 49.0 cm³/mol. The average Bonchev–Trinajstić information content (AvgIpc) is 2.29. The van der Waals surface area contributed by atoms with Crippen molar-refractivity contribution >= 4 is 17.9 Å². The van der Waals surface area contributed by atoms with Crippen molar-refractivity contribution in [2.45, 2.75) is 25.3 Å². The fourth-order valence-corrected chi connectivity index (χ4v) is 2.36. The lowest BCUT2D eigenvalue weighted by atomic mass is 9.69. The van der Waals surface area contributed by atoms with Gasteiger partial charge in [0.15, 0.2) is 0 Å². The molecule has 0 aromatic heterocycles. The van der Waals surface area contributed by atoms with E-state index in [2.05, 4.69) is 5.32 Å². The van der Waals surface area contributed by atoms with Crippen LogP contribution in [0.2, 0.25) is 0 Å². The number of hydrogen-bond acceptors (Lipinski definition) is 3. The number of nitrogens with zero attached hydrogens (tertiary/aromatic N) is 1. The molecule has 3 amide bonds. The van der Waals surface area contributed by atoms with Crippen LogP contribution in [0.4, 0.5) is 4.79 Å². The van der Waals surface area contributed by atoms with Crippen LogP contribution in [0, 0.1) is 5.92 Å². The molecule has 1 aliphatic heterocycles. The van der Waals surface area contributed by atoms with Crippen LogP contribution >= 0.6 is 0 Å². The highest BCUT2D eigenvalue weighted by atomic mass is 16.4. The number of hydrogen-bond donors (Lipinski definition) is 2. The predicted octanol–water partition coefficient (Wildman–Crippen LogP) is -0.209. The SMILES string of the molecule is CC1CC2(C1)NC(=O)N(CC(=O)O)C2=O. The molecule has 0 unspecified atom stereocenters. The zero-order valence-electron chi connectivity index (χ0n) is 8.32. The van der Waals surface area contributed by atoms with E-state index in [0.717, 1.165) is 4.90 Å². The van der Waals surface area contributed by atoms with Gasteiger partial charge in [-0.1, -0.05) is 6.92 Å². The molecule has 1 aliphatic carbocycles. The number of rotatable bonds is 2. The Bertz CT molecular complexity index is 346. The molecule has 1 saturated heterocycles. The number of urea groups is 1. The van der Waals surface area contributed by atoms with Gasteiger partial charge < -0.3 is 10.4 Å². The Balaban J connectivity index is 2.13. The second-order valence-electron chi connectivity index (χ2n) is 4.31. The molecule has 0 aromatic rings. The number of amides is 3. The molecule has 0 atom stereocenters. The lowest BCUT2D eigenvalue weighted by molar-refractivity contribution is -0.144. The molecule has 0 bridgehead atoms. The second-order valence-corrected chi connectivity index (χ2v) is 4.31. The molecule has 6 nitrogen and oxygen atoms in total. The summed E-state index contributed by atoms with van der Waals surface area (Å²) in [6.07, 6.45) is 1.21. The van der Waals surface area contributed by atoms with Gasteiger partial charge in [0, 0.05) is 0 Å². The summed E-state index contributed by atoms with van der Waals surface area (Å²) in [6.45, 7) is 1.44. The fourth-order valence-electron chi connectivity index (χ4n) is 2.36. The molecule has 2 N–H and O–H groups in total. The van der Waals surface area contributed by atoms with Gasteiger partial charge in [0.2, 0.25) is 0 Å². The van der Waals surface area contributed by atoms with Crippen LogP contribution < -0.4 is 5.32 Å². The van der Waals surface area contributed by atoms with Gasteiger partial charge in [0.05, 0.1) is 0 Å². The molecule has 2 fully saturated rings. The van der Waals surface area contributed by atoms with Crippen molar-refractivity contribution in [2.75, 3.05) is 6.54 Å². The Labute approximate surface area is 86.2 Å². The van der Waals surface area contributed by atoms with E-state index in [4.69, 9.17) is 5.11 Å². The third kappa shape index (κ3) is 1.36. The molecule has 2 aliphatic rings. The first kappa shape index (κ1) is 9.95. The topological polar surface area (TPSA) is 86.7 Å². The first-order valence-electron chi connectivity index (χ1n) is 4.80. The van der Waals surface area contributed by atoms with Gasteiger partial charge in [-0.05, 0) is 18.8 Å². The molecule has 1 heterocycles. The van der Waals surface area contributed by atoms with Gasteiger partial charge in [-0.2, -0.15) is 0 Å². The summed E-state index contributed by atoms with van der Waals surface area (Å²) in [4.78, 5) is 34.4. The summed E-state index contributed by atoms with van der Waals surface area (Å²) in [7, 11) is 0. The zero-order chi connectivity index (χ0) is 11.2. The number of carboxylic acids is 1. The maximum atomic E-state index is 11.8. The molecular weight excluding hydrogens is 200 g/mol. The summed E-state index contributed by atoms with van der Waals surface area (Å²) in [6, 6.07) is -0.589. The highest BCUT2D eigenvalue weighted by molar-refractivity contribution is 6.09. The Morgan fingerprint density at radius 1 is 1.60 bits per heavy atom. The monoisotopic (exact) mass is 212 g/mol. The zero-order valence-corrected chi connectivity index (χ0v) is 8.32. The van der Waals surface area contributed by atoms with Crippen molar-refractivity contribution in [2.24, 2.45) is 5.92 Å². The van der Waals surface area contributed by atoms with Crippen LogP contribution in [0.1, 0.15) is 19.8 Å².